The summed E-state index contributed by atoms with van der Waals surface area (Å²) >= 11 is 1.36. The van der Waals surface area contributed by atoms with Crippen LogP contribution in [0.25, 0.3) is 10.2 Å². The summed E-state index contributed by atoms with van der Waals surface area (Å²) in [5, 5.41) is 0.514. The van der Waals surface area contributed by atoms with Crippen molar-refractivity contribution in [2.75, 3.05) is 69.9 Å². The number of aromatic nitrogens is 1. The fourth-order valence-corrected chi connectivity index (χ4v) is 7.11. The predicted molar refractivity (Wildman–Crippen MR) is 165 cm³/mol. The van der Waals surface area contributed by atoms with Crippen LogP contribution in [-0.4, -0.2) is 84.9 Å². The molecule has 5 rings (SSSR count). The molecule has 2 heterocycles. The zero-order valence-corrected chi connectivity index (χ0v) is 25.5. The first kappa shape index (κ1) is 29.8. The highest BCUT2D eigenvalue weighted by atomic mass is 32.2. The van der Waals surface area contributed by atoms with E-state index in [1.165, 1.54) is 34.8 Å². The number of morpholine rings is 1. The maximum Gasteiger partial charge on any atom is 0.264 e. The van der Waals surface area contributed by atoms with Crippen molar-refractivity contribution in [1.82, 2.24) is 9.88 Å². The minimum absolute atomic E-state index is 0.0960. The number of fused-ring (bicyclic) bond motifs is 1. The van der Waals surface area contributed by atoms with Crippen LogP contribution >= 0.6 is 11.3 Å². The average molecular weight is 611 g/mol. The molecule has 0 atom stereocenters. The molecule has 42 heavy (non-hydrogen) atoms. The van der Waals surface area contributed by atoms with Gasteiger partial charge < -0.3 is 14.2 Å². The minimum atomic E-state index is -3.81. The lowest BCUT2D eigenvalue weighted by atomic mass is 10.2. The minimum Gasteiger partial charge on any atom is -0.495 e. The highest BCUT2D eigenvalue weighted by Gasteiger charge is 2.26. The molecule has 1 aliphatic heterocycles. The number of thiazole rings is 1. The fraction of sp³-hybridized carbons (Fsp3) is 0.333. The molecule has 12 heteroatoms. The second-order valence-corrected chi connectivity index (χ2v) is 12.7. The fourth-order valence-electron chi connectivity index (χ4n) is 4.81. The summed E-state index contributed by atoms with van der Waals surface area (Å²) in [6.07, 6.45) is 0.726. The molecule has 1 aromatic heterocycles. The van der Waals surface area contributed by atoms with E-state index < -0.39 is 10.0 Å². The molecule has 4 aromatic rings. The molecule has 10 nitrogen and oxygen atoms in total. The van der Waals surface area contributed by atoms with Crippen molar-refractivity contribution in [3.05, 3.63) is 72.3 Å². The van der Waals surface area contributed by atoms with Gasteiger partial charge in [0.1, 0.15) is 21.7 Å². The molecule has 3 aromatic carbocycles. The molecule has 1 fully saturated rings. The number of para-hydroxylation sites is 1. The number of carbonyl (C=O) groups excluding carboxylic acids is 1. The monoisotopic (exact) mass is 610 g/mol. The molecule has 0 aliphatic carbocycles. The SMILES string of the molecule is COc1ccc(OC)c2sc(N(CCCN3CCOCC3)C(=O)c3ccc(S(=O)(=O)N(C)c4ccccc4)cc3)nc12. The van der Waals surface area contributed by atoms with Crippen LogP contribution in [0.15, 0.2) is 71.6 Å². The Kier molecular flexibility index (Phi) is 9.27. The molecule has 1 aliphatic rings. The van der Waals surface area contributed by atoms with Gasteiger partial charge in [-0.1, -0.05) is 29.5 Å². The van der Waals surface area contributed by atoms with Gasteiger partial charge in [-0.05, 0) is 55.0 Å². The summed E-state index contributed by atoms with van der Waals surface area (Å²) in [6.45, 7) is 4.36. The van der Waals surface area contributed by atoms with E-state index in [2.05, 4.69) is 4.90 Å². The lowest BCUT2D eigenvalue weighted by Crippen LogP contribution is -2.39. The van der Waals surface area contributed by atoms with E-state index in [9.17, 15) is 13.2 Å². The van der Waals surface area contributed by atoms with Crippen LogP contribution in [0.5, 0.6) is 11.5 Å². The summed E-state index contributed by atoms with van der Waals surface area (Å²) in [7, 11) is 0.872. The number of hydrogen-bond donors (Lipinski definition) is 0. The molecule has 1 saturated heterocycles. The summed E-state index contributed by atoms with van der Waals surface area (Å²) in [4.78, 5) is 22.8. The maximum atomic E-state index is 14.0. The Balaban J connectivity index is 1.43. The Morgan fingerprint density at radius 3 is 2.31 bits per heavy atom. The van der Waals surface area contributed by atoms with Crippen LogP contribution < -0.4 is 18.7 Å². The second kappa shape index (κ2) is 13.1. The van der Waals surface area contributed by atoms with Crippen LogP contribution in [0.3, 0.4) is 0 Å². The van der Waals surface area contributed by atoms with Gasteiger partial charge in [-0.15, -0.1) is 0 Å². The number of hydrogen-bond acceptors (Lipinski definition) is 9. The Labute approximate surface area is 250 Å². The third-order valence-corrected chi connectivity index (χ3v) is 10.1. The largest absolute Gasteiger partial charge is 0.495 e. The van der Waals surface area contributed by atoms with Gasteiger partial charge >= 0.3 is 0 Å². The van der Waals surface area contributed by atoms with E-state index >= 15 is 0 Å². The maximum absolute atomic E-state index is 14.0. The van der Waals surface area contributed by atoms with Gasteiger partial charge in [0.05, 0.1) is 38.0 Å². The molecule has 0 spiro atoms. The zero-order chi connectivity index (χ0) is 29.7. The van der Waals surface area contributed by atoms with Crippen LogP contribution in [0.1, 0.15) is 16.8 Å². The van der Waals surface area contributed by atoms with Gasteiger partial charge in [0.25, 0.3) is 15.9 Å². The van der Waals surface area contributed by atoms with E-state index in [-0.39, 0.29) is 10.8 Å². The van der Waals surface area contributed by atoms with Crippen molar-refractivity contribution in [2.45, 2.75) is 11.3 Å². The molecule has 0 bridgehead atoms. The Morgan fingerprint density at radius 1 is 0.976 bits per heavy atom. The molecule has 1 amide bonds. The first-order chi connectivity index (χ1) is 20.3. The van der Waals surface area contributed by atoms with Crippen molar-refractivity contribution in [3.8, 4) is 11.5 Å². The summed E-state index contributed by atoms with van der Waals surface area (Å²) in [5.41, 5.74) is 1.53. The smallest absolute Gasteiger partial charge is 0.264 e. The standard InChI is InChI=1S/C30H34N4O6S2/c1-32(23-8-5-4-6-9-23)42(36,37)24-12-10-22(11-13-24)29(35)34(17-7-16-33-18-20-40-21-19-33)30-31-27-25(38-2)14-15-26(39-3)28(27)41-30/h4-6,8-15H,7,16-21H2,1-3H3. The number of benzene rings is 3. The normalized spacial score (nSPS) is 14.1. The van der Waals surface area contributed by atoms with Crippen LogP contribution in [0, 0.1) is 0 Å². The van der Waals surface area contributed by atoms with Gasteiger partial charge in [-0.25, -0.2) is 13.4 Å². The third-order valence-electron chi connectivity index (χ3n) is 7.21. The van der Waals surface area contributed by atoms with Crippen molar-refractivity contribution in [2.24, 2.45) is 0 Å². The second-order valence-electron chi connectivity index (χ2n) is 9.74. The Morgan fingerprint density at radius 2 is 1.64 bits per heavy atom. The van der Waals surface area contributed by atoms with Crippen molar-refractivity contribution in [3.63, 3.8) is 0 Å². The van der Waals surface area contributed by atoms with Gasteiger partial charge in [-0.2, -0.15) is 0 Å². The number of amides is 1. The van der Waals surface area contributed by atoms with Crippen molar-refractivity contribution in [1.29, 1.82) is 0 Å². The molecule has 0 unspecified atom stereocenters. The number of sulfonamides is 1. The highest BCUT2D eigenvalue weighted by Crippen LogP contribution is 2.40. The summed E-state index contributed by atoms with van der Waals surface area (Å²) < 4.78 is 45.1. The summed E-state index contributed by atoms with van der Waals surface area (Å²) in [5.74, 6) is 0.966. The van der Waals surface area contributed by atoms with E-state index in [4.69, 9.17) is 19.2 Å². The van der Waals surface area contributed by atoms with E-state index in [1.54, 1.807) is 61.6 Å². The van der Waals surface area contributed by atoms with Gasteiger partial charge in [0, 0.05) is 38.8 Å². The topological polar surface area (TPSA) is 102 Å². The Bertz CT molecular complexity index is 1580. The zero-order valence-electron chi connectivity index (χ0n) is 23.9. The lowest BCUT2D eigenvalue weighted by Gasteiger charge is -2.27. The highest BCUT2D eigenvalue weighted by molar-refractivity contribution is 7.92. The Hall–Kier alpha value is -3.71. The van der Waals surface area contributed by atoms with Crippen LogP contribution in [0.4, 0.5) is 10.8 Å². The first-order valence-electron chi connectivity index (χ1n) is 13.6. The number of carbonyl (C=O) groups is 1. The number of ether oxygens (including phenoxy) is 3. The number of nitrogens with zero attached hydrogens (tertiary/aromatic N) is 4. The number of methoxy groups -OCH3 is 2. The van der Waals surface area contributed by atoms with Gasteiger partial charge in [-0.3, -0.25) is 18.9 Å². The predicted octanol–water partition coefficient (Wildman–Crippen LogP) is 4.51. The molecular formula is C30H34N4O6S2. The van der Waals surface area contributed by atoms with Crippen LogP contribution in [0.2, 0.25) is 0 Å². The third kappa shape index (κ3) is 6.21. The first-order valence-corrected chi connectivity index (χ1v) is 15.9. The molecule has 0 N–H and O–H groups in total. The number of anilines is 2. The van der Waals surface area contributed by atoms with Crippen molar-refractivity contribution < 1.29 is 27.4 Å². The lowest BCUT2D eigenvalue weighted by molar-refractivity contribution is 0.0376. The van der Waals surface area contributed by atoms with Gasteiger partial charge in [0.15, 0.2) is 5.13 Å². The van der Waals surface area contributed by atoms with Crippen molar-refractivity contribution >= 4 is 48.3 Å². The van der Waals surface area contributed by atoms with E-state index in [0.29, 0.717) is 53.2 Å². The molecule has 0 saturated carbocycles. The average Bonchev–Trinajstić information content (AvgIpc) is 3.48. The van der Waals surface area contributed by atoms with Crippen LogP contribution in [-0.2, 0) is 14.8 Å². The van der Waals surface area contributed by atoms with E-state index in [0.717, 1.165) is 30.8 Å². The molecular weight excluding hydrogens is 576 g/mol. The van der Waals surface area contributed by atoms with Gasteiger partial charge in [0.2, 0.25) is 0 Å². The number of rotatable bonds is 11. The van der Waals surface area contributed by atoms with E-state index in [1.807, 2.05) is 12.1 Å². The molecule has 0 radical (unpaired) electrons. The summed E-state index contributed by atoms with van der Waals surface area (Å²) in [6, 6.07) is 18.5. The quantitative estimate of drug-likeness (QED) is 0.245. The molecule has 222 valence electrons.